The van der Waals surface area contributed by atoms with Crippen LogP contribution >= 0.6 is 10.7 Å². The Balaban J connectivity index is 2.29. The third-order valence-electron chi connectivity index (χ3n) is 3.86. The van der Waals surface area contributed by atoms with Crippen LogP contribution in [0.4, 0.5) is 0 Å². The van der Waals surface area contributed by atoms with Gasteiger partial charge in [0.1, 0.15) is 0 Å². The van der Waals surface area contributed by atoms with Crippen LogP contribution in [0, 0.1) is 5.92 Å². The number of hydrogen-bond donors (Lipinski definition) is 0. The molecule has 1 saturated heterocycles. The predicted molar refractivity (Wildman–Crippen MR) is 80.0 cm³/mol. The van der Waals surface area contributed by atoms with E-state index in [0.717, 1.165) is 6.42 Å². The summed E-state index contributed by atoms with van der Waals surface area (Å²) in [5.74, 6) is 0.0369. The number of carbonyl (C=O) groups is 1. The molecule has 0 bridgehead atoms. The average Bonchev–Trinajstić information content (AvgIpc) is 2.46. The van der Waals surface area contributed by atoms with E-state index in [4.69, 9.17) is 15.4 Å². The lowest BCUT2D eigenvalue weighted by molar-refractivity contribution is -0.00169. The minimum absolute atomic E-state index is 0.0394. The number of likely N-dealkylation sites (tertiary alicyclic amines) is 1. The van der Waals surface area contributed by atoms with Gasteiger partial charge >= 0.3 is 0 Å². The van der Waals surface area contributed by atoms with E-state index in [2.05, 4.69) is 6.92 Å². The second-order valence-corrected chi connectivity index (χ2v) is 7.76. The highest BCUT2D eigenvalue weighted by Gasteiger charge is 2.31. The molecule has 0 saturated carbocycles. The molecule has 0 aromatic heterocycles. The summed E-state index contributed by atoms with van der Waals surface area (Å²) in [5, 5.41) is 0. The van der Waals surface area contributed by atoms with Crippen LogP contribution in [0.1, 0.15) is 23.7 Å². The number of halogens is 1. The molecule has 116 valence electrons. The Morgan fingerprint density at radius 2 is 2.05 bits per heavy atom. The molecule has 0 aliphatic carbocycles. The molecule has 1 aliphatic heterocycles. The Labute approximate surface area is 129 Å². The number of nitrogens with zero attached hydrogens (tertiary/aromatic N) is 1. The number of hydrogen-bond acceptors (Lipinski definition) is 4. The lowest BCUT2D eigenvalue weighted by Crippen LogP contribution is -2.46. The van der Waals surface area contributed by atoms with E-state index in [1.807, 2.05) is 0 Å². The molecule has 21 heavy (non-hydrogen) atoms. The van der Waals surface area contributed by atoms with Crippen molar-refractivity contribution in [1.82, 2.24) is 4.90 Å². The number of carbonyl (C=O) groups excluding carboxylic acids is 1. The molecule has 2 rings (SSSR count). The van der Waals surface area contributed by atoms with Crippen molar-refractivity contribution in [2.75, 3.05) is 20.2 Å². The summed E-state index contributed by atoms with van der Waals surface area (Å²) < 4.78 is 28.5. The summed E-state index contributed by atoms with van der Waals surface area (Å²) >= 11 is 0. The zero-order chi connectivity index (χ0) is 15.6. The minimum atomic E-state index is -3.95. The van der Waals surface area contributed by atoms with Gasteiger partial charge in [0.05, 0.1) is 16.6 Å². The van der Waals surface area contributed by atoms with Crippen LogP contribution in [0.15, 0.2) is 29.2 Å². The minimum Gasteiger partial charge on any atom is -0.379 e. The monoisotopic (exact) mass is 331 g/mol. The molecule has 2 unspecified atom stereocenters. The molecule has 2 atom stereocenters. The van der Waals surface area contributed by atoms with Crippen LogP contribution in [0.5, 0.6) is 0 Å². The molecular weight excluding hydrogens is 314 g/mol. The van der Waals surface area contributed by atoms with Crippen molar-refractivity contribution in [2.45, 2.75) is 24.3 Å². The maximum absolute atomic E-state index is 12.6. The molecule has 0 spiro atoms. The topological polar surface area (TPSA) is 63.7 Å². The Kier molecular flexibility index (Phi) is 4.91. The number of methoxy groups -OCH3 is 1. The van der Waals surface area contributed by atoms with Gasteiger partial charge < -0.3 is 9.64 Å². The normalized spacial score (nSPS) is 23.1. The van der Waals surface area contributed by atoms with Crippen LogP contribution < -0.4 is 0 Å². The van der Waals surface area contributed by atoms with Gasteiger partial charge in [-0.25, -0.2) is 8.42 Å². The molecular formula is C14H18ClNO4S. The fraction of sp³-hybridized carbons (Fsp3) is 0.500. The van der Waals surface area contributed by atoms with Crippen LogP contribution in [-0.4, -0.2) is 45.5 Å². The maximum atomic E-state index is 12.6. The van der Waals surface area contributed by atoms with Gasteiger partial charge in [0, 0.05) is 30.9 Å². The number of rotatable bonds is 3. The van der Waals surface area contributed by atoms with Crippen LogP contribution in [0.3, 0.4) is 0 Å². The van der Waals surface area contributed by atoms with Crippen LogP contribution in [0.2, 0.25) is 0 Å². The molecule has 1 fully saturated rings. The Morgan fingerprint density at radius 1 is 1.38 bits per heavy atom. The van der Waals surface area contributed by atoms with Crippen molar-refractivity contribution in [3.05, 3.63) is 29.8 Å². The smallest absolute Gasteiger partial charge is 0.262 e. The van der Waals surface area contributed by atoms with Gasteiger partial charge in [0.15, 0.2) is 0 Å². The van der Waals surface area contributed by atoms with Crippen molar-refractivity contribution < 1.29 is 17.9 Å². The quantitative estimate of drug-likeness (QED) is 0.796. The van der Waals surface area contributed by atoms with Gasteiger partial charge in [-0.3, -0.25) is 4.79 Å². The first kappa shape index (κ1) is 16.3. The van der Waals surface area contributed by atoms with Gasteiger partial charge in [-0.1, -0.05) is 19.1 Å². The molecule has 1 heterocycles. The van der Waals surface area contributed by atoms with E-state index in [1.165, 1.54) is 12.1 Å². The van der Waals surface area contributed by atoms with Crippen molar-refractivity contribution in [3.63, 3.8) is 0 Å². The summed E-state index contributed by atoms with van der Waals surface area (Å²) in [5.41, 5.74) is 0.108. The first-order chi connectivity index (χ1) is 9.84. The van der Waals surface area contributed by atoms with E-state index >= 15 is 0 Å². The van der Waals surface area contributed by atoms with Crippen LogP contribution in [0.25, 0.3) is 0 Å². The van der Waals surface area contributed by atoms with E-state index < -0.39 is 9.05 Å². The molecule has 1 amide bonds. The predicted octanol–water partition coefficient (Wildman–Crippen LogP) is 2.11. The number of amides is 1. The number of piperidine rings is 1. The summed E-state index contributed by atoms with van der Waals surface area (Å²) in [7, 11) is 3.07. The van der Waals surface area contributed by atoms with Gasteiger partial charge in [0.2, 0.25) is 0 Å². The molecule has 1 aromatic rings. The van der Waals surface area contributed by atoms with E-state index in [9.17, 15) is 13.2 Å². The molecule has 0 radical (unpaired) electrons. The second-order valence-electron chi connectivity index (χ2n) is 5.23. The third kappa shape index (κ3) is 3.56. The largest absolute Gasteiger partial charge is 0.379 e. The highest BCUT2D eigenvalue weighted by Crippen LogP contribution is 2.25. The third-order valence-corrected chi connectivity index (χ3v) is 5.24. The summed E-state index contributed by atoms with van der Waals surface area (Å²) in [6.07, 6.45) is 0.780. The summed E-state index contributed by atoms with van der Waals surface area (Å²) in [6.45, 7) is 3.11. The highest BCUT2D eigenvalue weighted by molar-refractivity contribution is 8.13. The highest BCUT2D eigenvalue weighted by atomic mass is 35.7. The maximum Gasteiger partial charge on any atom is 0.262 e. The van der Waals surface area contributed by atoms with Gasteiger partial charge in [0.25, 0.3) is 15.0 Å². The fourth-order valence-corrected chi connectivity index (χ4v) is 3.61. The Bertz CT molecular complexity index is 632. The number of benzene rings is 1. The zero-order valence-corrected chi connectivity index (χ0v) is 13.5. The van der Waals surface area contributed by atoms with Crippen LogP contribution in [-0.2, 0) is 13.8 Å². The van der Waals surface area contributed by atoms with E-state index in [-0.39, 0.29) is 22.5 Å². The van der Waals surface area contributed by atoms with Crippen molar-refractivity contribution >= 4 is 25.6 Å². The van der Waals surface area contributed by atoms with Gasteiger partial charge in [-0.2, -0.15) is 0 Å². The number of ether oxygens (including phenoxy) is 1. The molecule has 5 nitrogen and oxygen atoms in total. The Morgan fingerprint density at radius 3 is 2.67 bits per heavy atom. The SMILES string of the molecule is COC1CN(C(=O)c2ccccc2S(=O)(=O)Cl)CCC1C. The molecule has 1 aromatic carbocycles. The first-order valence-electron chi connectivity index (χ1n) is 6.70. The first-order valence-corrected chi connectivity index (χ1v) is 9.01. The van der Waals surface area contributed by atoms with Gasteiger partial charge in [-0.15, -0.1) is 0 Å². The summed E-state index contributed by atoms with van der Waals surface area (Å²) in [4.78, 5) is 14.1. The molecule has 0 N–H and O–H groups in total. The van der Waals surface area contributed by atoms with E-state index in [0.29, 0.717) is 19.0 Å². The molecule has 1 aliphatic rings. The average molecular weight is 332 g/mol. The fourth-order valence-electron chi connectivity index (χ4n) is 2.55. The lowest BCUT2D eigenvalue weighted by Gasteiger charge is -2.36. The van der Waals surface area contributed by atoms with E-state index in [1.54, 1.807) is 24.1 Å². The molecule has 7 heteroatoms. The standard InChI is InChI=1S/C14H18ClNO4S/c1-10-7-8-16(9-12(10)20-2)14(17)11-5-3-4-6-13(11)21(15,18)19/h3-6,10,12H,7-9H2,1-2H3. The Hall–Kier alpha value is -1.11. The van der Waals surface area contributed by atoms with Gasteiger partial charge in [-0.05, 0) is 24.5 Å². The lowest BCUT2D eigenvalue weighted by atomic mass is 9.95. The van der Waals surface area contributed by atoms with Crippen molar-refractivity contribution in [3.8, 4) is 0 Å². The van der Waals surface area contributed by atoms with Crippen molar-refractivity contribution in [1.29, 1.82) is 0 Å². The summed E-state index contributed by atoms with van der Waals surface area (Å²) in [6, 6.07) is 5.99. The second kappa shape index (κ2) is 6.34. The zero-order valence-electron chi connectivity index (χ0n) is 12.0. The van der Waals surface area contributed by atoms with Crippen molar-refractivity contribution in [2.24, 2.45) is 5.92 Å².